The zero-order valence-corrected chi connectivity index (χ0v) is 11.1. The van der Waals surface area contributed by atoms with Crippen LogP contribution in [-0.2, 0) is 6.54 Å². The van der Waals surface area contributed by atoms with Crippen LogP contribution in [0.4, 0.5) is 0 Å². The van der Waals surface area contributed by atoms with Gasteiger partial charge in [0.1, 0.15) is 0 Å². The highest BCUT2D eigenvalue weighted by Crippen LogP contribution is 2.11. The SMILES string of the molecule is CC[C@H](C)N1CCN(Cc2ccccc2)CC1. The Morgan fingerprint density at radius 1 is 1.06 bits per heavy atom. The highest BCUT2D eigenvalue weighted by molar-refractivity contribution is 5.14. The predicted octanol–water partition coefficient (Wildman–Crippen LogP) is 2.60. The Balaban J connectivity index is 1.80. The van der Waals surface area contributed by atoms with Crippen molar-refractivity contribution in [3.63, 3.8) is 0 Å². The van der Waals surface area contributed by atoms with Gasteiger partial charge in [-0.1, -0.05) is 37.3 Å². The van der Waals surface area contributed by atoms with Crippen LogP contribution in [0, 0.1) is 0 Å². The Labute approximate surface area is 105 Å². The minimum atomic E-state index is 0.744. The fourth-order valence-corrected chi connectivity index (χ4v) is 2.46. The average molecular weight is 232 g/mol. The van der Waals surface area contributed by atoms with Gasteiger partial charge in [0.2, 0.25) is 0 Å². The smallest absolute Gasteiger partial charge is 0.0234 e. The van der Waals surface area contributed by atoms with Gasteiger partial charge >= 0.3 is 0 Å². The first-order valence-electron chi connectivity index (χ1n) is 6.80. The predicted molar refractivity (Wildman–Crippen MR) is 73.0 cm³/mol. The number of benzene rings is 1. The quantitative estimate of drug-likeness (QED) is 0.787. The second kappa shape index (κ2) is 6.18. The molecule has 0 bridgehead atoms. The number of rotatable bonds is 4. The Bertz CT molecular complexity index is 315. The van der Waals surface area contributed by atoms with Crippen LogP contribution in [0.3, 0.4) is 0 Å². The summed E-state index contributed by atoms with van der Waals surface area (Å²) < 4.78 is 0. The fourth-order valence-electron chi connectivity index (χ4n) is 2.46. The zero-order chi connectivity index (χ0) is 12.1. The minimum Gasteiger partial charge on any atom is -0.298 e. The maximum atomic E-state index is 2.61. The standard InChI is InChI=1S/C15H24N2/c1-3-14(2)17-11-9-16(10-12-17)13-15-7-5-4-6-8-15/h4-8,14H,3,9-13H2,1-2H3/t14-/m0/s1. The van der Waals surface area contributed by atoms with Crippen LogP contribution in [0.25, 0.3) is 0 Å². The van der Waals surface area contributed by atoms with E-state index in [0.717, 1.165) is 12.6 Å². The van der Waals surface area contributed by atoms with Gasteiger partial charge in [-0.2, -0.15) is 0 Å². The third kappa shape index (κ3) is 3.55. The van der Waals surface area contributed by atoms with Gasteiger partial charge in [-0.25, -0.2) is 0 Å². The van der Waals surface area contributed by atoms with Gasteiger partial charge in [0.05, 0.1) is 0 Å². The normalized spacial score (nSPS) is 20.4. The Morgan fingerprint density at radius 3 is 2.29 bits per heavy atom. The number of hydrogen-bond donors (Lipinski definition) is 0. The van der Waals surface area contributed by atoms with E-state index in [9.17, 15) is 0 Å². The molecule has 2 rings (SSSR count). The molecule has 0 spiro atoms. The number of piperazine rings is 1. The first-order valence-corrected chi connectivity index (χ1v) is 6.80. The Hall–Kier alpha value is -0.860. The van der Waals surface area contributed by atoms with Crippen LogP contribution in [-0.4, -0.2) is 42.0 Å². The van der Waals surface area contributed by atoms with Crippen LogP contribution in [0.1, 0.15) is 25.8 Å². The van der Waals surface area contributed by atoms with Crippen LogP contribution in [0.2, 0.25) is 0 Å². The summed E-state index contributed by atoms with van der Waals surface area (Å²) in [5.41, 5.74) is 1.43. The molecule has 1 heterocycles. The summed E-state index contributed by atoms with van der Waals surface area (Å²) in [6, 6.07) is 11.5. The zero-order valence-electron chi connectivity index (χ0n) is 11.1. The first-order chi connectivity index (χ1) is 8.29. The molecule has 17 heavy (non-hydrogen) atoms. The highest BCUT2D eigenvalue weighted by Gasteiger charge is 2.19. The van der Waals surface area contributed by atoms with Gasteiger partial charge in [0.25, 0.3) is 0 Å². The summed E-state index contributed by atoms with van der Waals surface area (Å²) in [5, 5.41) is 0. The third-order valence-corrected chi connectivity index (χ3v) is 3.87. The summed E-state index contributed by atoms with van der Waals surface area (Å²) in [6.45, 7) is 10.6. The highest BCUT2D eigenvalue weighted by atomic mass is 15.3. The van der Waals surface area contributed by atoms with E-state index in [1.165, 1.54) is 38.2 Å². The van der Waals surface area contributed by atoms with E-state index in [0.29, 0.717) is 0 Å². The fraction of sp³-hybridized carbons (Fsp3) is 0.600. The lowest BCUT2D eigenvalue weighted by atomic mass is 10.1. The van der Waals surface area contributed by atoms with Gasteiger partial charge in [-0.05, 0) is 18.9 Å². The Morgan fingerprint density at radius 2 is 1.71 bits per heavy atom. The molecule has 2 nitrogen and oxygen atoms in total. The molecule has 1 fully saturated rings. The maximum absolute atomic E-state index is 2.61. The van der Waals surface area contributed by atoms with E-state index in [4.69, 9.17) is 0 Å². The molecule has 0 unspecified atom stereocenters. The average Bonchev–Trinajstić information content (AvgIpc) is 2.40. The lowest BCUT2D eigenvalue weighted by molar-refractivity contribution is 0.0964. The summed E-state index contributed by atoms with van der Waals surface area (Å²) in [5.74, 6) is 0. The topological polar surface area (TPSA) is 6.48 Å². The molecule has 1 saturated heterocycles. The van der Waals surface area contributed by atoms with Crippen LogP contribution in [0.15, 0.2) is 30.3 Å². The Kier molecular flexibility index (Phi) is 4.57. The lowest BCUT2D eigenvalue weighted by Crippen LogP contribution is -2.48. The minimum absolute atomic E-state index is 0.744. The second-order valence-corrected chi connectivity index (χ2v) is 5.05. The van der Waals surface area contributed by atoms with Crippen molar-refractivity contribution in [3.8, 4) is 0 Å². The molecule has 1 aromatic rings. The second-order valence-electron chi connectivity index (χ2n) is 5.05. The van der Waals surface area contributed by atoms with E-state index in [1.54, 1.807) is 0 Å². The van der Waals surface area contributed by atoms with Gasteiger partial charge in [-0.15, -0.1) is 0 Å². The molecule has 0 saturated carbocycles. The molecule has 1 atom stereocenters. The van der Waals surface area contributed by atoms with Gasteiger partial charge in [0.15, 0.2) is 0 Å². The summed E-state index contributed by atoms with van der Waals surface area (Å²) in [7, 11) is 0. The van der Waals surface area contributed by atoms with Crippen LogP contribution >= 0.6 is 0 Å². The molecule has 0 aromatic heterocycles. The molecule has 0 aliphatic carbocycles. The van der Waals surface area contributed by atoms with E-state index in [2.05, 4.69) is 54.0 Å². The van der Waals surface area contributed by atoms with Crippen molar-refractivity contribution >= 4 is 0 Å². The monoisotopic (exact) mass is 232 g/mol. The van der Waals surface area contributed by atoms with E-state index >= 15 is 0 Å². The van der Waals surface area contributed by atoms with E-state index in [1.807, 2.05) is 0 Å². The molecule has 0 radical (unpaired) electrons. The molecule has 2 heteroatoms. The largest absolute Gasteiger partial charge is 0.298 e. The van der Waals surface area contributed by atoms with Crippen LogP contribution < -0.4 is 0 Å². The van der Waals surface area contributed by atoms with Crippen LogP contribution in [0.5, 0.6) is 0 Å². The summed E-state index contributed by atoms with van der Waals surface area (Å²) >= 11 is 0. The number of nitrogens with zero attached hydrogens (tertiary/aromatic N) is 2. The van der Waals surface area contributed by atoms with E-state index in [-0.39, 0.29) is 0 Å². The molecule has 0 amide bonds. The number of hydrogen-bond acceptors (Lipinski definition) is 2. The van der Waals surface area contributed by atoms with Crippen molar-refractivity contribution < 1.29 is 0 Å². The lowest BCUT2D eigenvalue weighted by Gasteiger charge is -2.37. The molecule has 1 aliphatic heterocycles. The molecular weight excluding hydrogens is 208 g/mol. The molecular formula is C15H24N2. The maximum Gasteiger partial charge on any atom is 0.0234 e. The van der Waals surface area contributed by atoms with Crippen molar-refractivity contribution in [1.82, 2.24) is 9.80 Å². The third-order valence-electron chi connectivity index (χ3n) is 3.87. The molecule has 0 N–H and O–H groups in total. The van der Waals surface area contributed by atoms with Crippen molar-refractivity contribution in [1.29, 1.82) is 0 Å². The van der Waals surface area contributed by atoms with Gasteiger partial charge in [0, 0.05) is 38.8 Å². The molecule has 1 aliphatic rings. The molecule has 94 valence electrons. The molecule has 1 aromatic carbocycles. The van der Waals surface area contributed by atoms with Gasteiger partial charge < -0.3 is 0 Å². The summed E-state index contributed by atoms with van der Waals surface area (Å²) in [6.07, 6.45) is 1.26. The van der Waals surface area contributed by atoms with Crippen molar-refractivity contribution in [2.75, 3.05) is 26.2 Å². The summed E-state index contributed by atoms with van der Waals surface area (Å²) in [4.78, 5) is 5.18. The van der Waals surface area contributed by atoms with E-state index < -0.39 is 0 Å². The first kappa shape index (κ1) is 12.6. The van der Waals surface area contributed by atoms with Crippen molar-refractivity contribution in [3.05, 3.63) is 35.9 Å². The van der Waals surface area contributed by atoms with Crippen molar-refractivity contribution in [2.45, 2.75) is 32.9 Å². The van der Waals surface area contributed by atoms with Crippen molar-refractivity contribution in [2.24, 2.45) is 0 Å². The van der Waals surface area contributed by atoms with Gasteiger partial charge in [-0.3, -0.25) is 9.80 Å².